The summed E-state index contributed by atoms with van der Waals surface area (Å²) in [5.74, 6) is 0.395. The lowest BCUT2D eigenvalue weighted by Crippen LogP contribution is -2.44. The van der Waals surface area contributed by atoms with Crippen LogP contribution in [0.4, 0.5) is 5.69 Å². The monoisotopic (exact) mass is 386 g/mol. The highest BCUT2D eigenvalue weighted by Gasteiger charge is 2.31. The summed E-state index contributed by atoms with van der Waals surface area (Å²) < 4.78 is 33.3. The van der Waals surface area contributed by atoms with Gasteiger partial charge in [-0.05, 0) is 55.3 Å². The fourth-order valence-corrected chi connectivity index (χ4v) is 4.47. The number of anilines is 1. The van der Waals surface area contributed by atoms with Gasteiger partial charge in [0.2, 0.25) is 15.9 Å². The van der Waals surface area contributed by atoms with Gasteiger partial charge in [0.25, 0.3) is 0 Å². The number of piperidine rings is 1. The SMILES string of the molecule is C=CC(=O)Nc1ccc(S(=O)(=O)N2CCCC(Oc3ccccc3)C2)cc1. The molecule has 1 fully saturated rings. The molecule has 6 nitrogen and oxygen atoms in total. The number of amides is 1. The standard InChI is InChI=1S/C20H22N2O4S/c1-2-20(23)21-16-10-12-19(13-11-16)27(24,25)22-14-6-9-18(15-22)26-17-7-4-3-5-8-17/h2-5,7-8,10-13,18H,1,6,9,14-15H2,(H,21,23). The van der Waals surface area contributed by atoms with E-state index in [1.165, 1.54) is 16.4 Å². The Morgan fingerprint density at radius 1 is 1.15 bits per heavy atom. The number of rotatable bonds is 6. The van der Waals surface area contributed by atoms with Gasteiger partial charge >= 0.3 is 0 Å². The lowest BCUT2D eigenvalue weighted by Gasteiger charge is -2.32. The number of para-hydroxylation sites is 1. The van der Waals surface area contributed by atoms with E-state index in [1.807, 2.05) is 30.3 Å². The topological polar surface area (TPSA) is 75.7 Å². The Bertz CT molecular complexity index is 895. The maximum Gasteiger partial charge on any atom is 0.247 e. The number of nitrogens with zero attached hydrogens (tertiary/aromatic N) is 1. The number of hydrogen-bond donors (Lipinski definition) is 1. The van der Waals surface area contributed by atoms with Crippen molar-refractivity contribution < 1.29 is 17.9 Å². The van der Waals surface area contributed by atoms with E-state index in [-0.39, 0.29) is 16.9 Å². The first-order valence-corrected chi connectivity index (χ1v) is 10.2. The lowest BCUT2D eigenvalue weighted by atomic mass is 10.1. The van der Waals surface area contributed by atoms with Crippen molar-refractivity contribution in [2.75, 3.05) is 18.4 Å². The first kappa shape index (κ1) is 19.1. The maximum absolute atomic E-state index is 12.9. The molecule has 2 aromatic carbocycles. The van der Waals surface area contributed by atoms with Crippen molar-refractivity contribution >= 4 is 21.6 Å². The minimum atomic E-state index is -3.62. The maximum atomic E-state index is 12.9. The fraction of sp³-hybridized carbons (Fsp3) is 0.250. The summed E-state index contributed by atoms with van der Waals surface area (Å²) in [6.45, 7) is 4.16. The van der Waals surface area contributed by atoms with E-state index in [9.17, 15) is 13.2 Å². The molecule has 0 spiro atoms. The lowest BCUT2D eigenvalue weighted by molar-refractivity contribution is -0.111. The molecule has 142 valence electrons. The minimum Gasteiger partial charge on any atom is -0.489 e. The van der Waals surface area contributed by atoms with Crippen molar-refractivity contribution in [2.24, 2.45) is 0 Å². The van der Waals surface area contributed by atoms with Crippen LogP contribution in [0.15, 0.2) is 72.1 Å². The zero-order valence-corrected chi connectivity index (χ0v) is 15.7. The summed E-state index contributed by atoms with van der Waals surface area (Å²) in [5, 5.41) is 2.60. The predicted molar refractivity (Wildman–Crippen MR) is 104 cm³/mol. The van der Waals surface area contributed by atoms with Crippen molar-refractivity contribution in [3.63, 3.8) is 0 Å². The molecule has 1 aliphatic rings. The number of benzene rings is 2. The molecule has 7 heteroatoms. The second kappa shape index (κ2) is 8.37. The van der Waals surface area contributed by atoms with E-state index >= 15 is 0 Å². The van der Waals surface area contributed by atoms with Gasteiger partial charge in [-0.15, -0.1) is 0 Å². The Kier molecular flexibility index (Phi) is 5.93. The van der Waals surface area contributed by atoms with Gasteiger partial charge < -0.3 is 10.1 Å². The fourth-order valence-electron chi connectivity index (χ4n) is 2.96. The smallest absolute Gasteiger partial charge is 0.247 e. The normalized spacial score (nSPS) is 17.9. The molecule has 1 amide bonds. The van der Waals surface area contributed by atoms with E-state index in [2.05, 4.69) is 11.9 Å². The molecule has 3 rings (SSSR count). The quantitative estimate of drug-likeness (QED) is 0.775. The van der Waals surface area contributed by atoms with Crippen LogP contribution in [0, 0.1) is 0 Å². The van der Waals surface area contributed by atoms with Gasteiger partial charge in [-0.1, -0.05) is 24.8 Å². The Hall–Kier alpha value is -2.64. The molecule has 1 heterocycles. The zero-order valence-electron chi connectivity index (χ0n) is 14.9. The predicted octanol–water partition coefficient (Wildman–Crippen LogP) is 3.04. The molecule has 0 aromatic heterocycles. The third-order valence-corrected chi connectivity index (χ3v) is 6.21. The molecule has 0 aliphatic carbocycles. The van der Waals surface area contributed by atoms with Crippen LogP contribution in [0.2, 0.25) is 0 Å². The van der Waals surface area contributed by atoms with Gasteiger partial charge in [-0.25, -0.2) is 8.42 Å². The van der Waals surface area contributed by atoms with Gasteiger partial charge in [0, 0.05) is 12.2 Å². The molecule has 27 heavy (non-hydrogen) atoms. The molecule has 0 radical (unpaired) electrons. The van der Waals surface area contributed by atoms with E-state index in [1.54, 1.807) is 12.1 Å². The number of hydrogen-bond acceptors (Lipinski definition) is 4. The molecular formula is C20H22N2O4S. The summed E-state index contributed by atoms with van der Waals surface area (Å²) in [6.07, 6.45) is 2.53. The van der Waals surface area contributed by atoms with E-state index in [4.69, 9.17) is 4.74 Å². The second-order valence-corrected chi connectivity index (χ2v) is 8.21. The number of carbonyl (C=O) groups excluding carboxylic acids is 1. The molecular weight excluding hydrogens is 364 g/mol. The first-order valence-electron chi connectivity index (χ1n) is 8.74. The molecule has 1 aliphatic heterocycles. The third-order valence-electron chi connectivity index (χ3n) is 4.33. The average molecular weight is 386 g/mol. The third kappa shape index (κ3) is 4.75. The number of nitrogens with one attached hydrogen (secondary N) is 1. The first-order chi connectivity index (χ1) is 13.0. The highest BCUT2D eigenvalue weighted by Crippen LogP contribution is 2.24. The molecule has 0 saturated carbocycles. The molecule has 1 atom stereocenters. The average Bonchev–Trinajstić information content (AvgIpc) is 2.69. The van der Waals surface area contributed by atoms with Crippen LogP contribution in [-0.2, 0) is 14.8 Å². The van der Waals surface area contributed by atoms with Crippen molar-refractivity contribution in [1.82, 2.24) is 4.31 Å². The van der Waals surface area contributed by atoms with Crippen LogP contribution < -0.4 is 10.1 Å². The number of carbonyl (C=O) groups is 1. The Labute approximate surface area is 159 Å². The molecule has 0 bridgehead atoms. The second-order valence-electron chi connectivity index (χ2n) is 6.28. The van der Waals surface area contributed by atoms with Gasteiger partial charge in [-0.3, -0.25) is 4.79 Å². The highest BCUT2D eigenvalue weighted by molar-refractivity contribution is 7.89. The minimum absolute atomic E-state index is 0.179. The van der Waals surface area contributed by atoms with Crippen molar-refractivity contribution in [3.05, 3.63) is 67.3 Å². The molecule has 1 N–H and O–H groups in total. The van der Waals surface area contributed by atoms with Crippen molar-refractivity contribution in [1.29, 1.82) is 0 Å². The number of sulfonamides is 1. The Morgan fingerprint density at radius 3 is 2.52 bits per heavy atom. The van der Waals surface area contributed by atoms with Crippen LogP contribution in [0.1, 0.15) is 12.8 Å². The molecule has 2 aromatic rings. The summed E-state index contributed by atoms with van der Waals surface area (Å²) in [6, 6.07) is 15.5. The van der Waals surface area contributed by atoms with Crippen LogP contribution in [0.5, 0.6) is 5.75 Å². The Balaban J connectivity index is 1.70. The van der Waals surface area contributed by atoms with E-state index < -0.39 is 10.0 Å². The van der Waals surface area contributed by atoms with Crippen LogP contribution in [0.25, 0.3) is 0 Å². The van der Waals surface area contributed by atoms with Gasteiger partial charge in [0.05, 0.1) is 11.4 Å². The van der Waals surface area contributed by atoms with Gasteiger partial charge in [0.15, 0.2) is 0 Å². The highest BCUT2D eigenvalue weighted by atomic mass is 32.2. The largest absolute Gasteiger partial charge is 0.489 e. The molecule has 1 unspecified atom stereocenters. The Morgan fingerprint density at radius 2 is 1.85 bits per heavy atom. The van der Waals surface area contributed by atoms with Crippen molar-refractivity contribution in [2.45, 2.75) is 23.8 Å². The van der Waals surface area contributed by atoms with Crippen LogP contribution in [0.3, 0.4) is 0 Å². The summed E-state index contributed by atoms with van der Waals surface area (Å²) in [4.78, 5) is 11.5. The number of ether oxygens (including phenoxy) is 1. The van der Waals surface area contributed by atoms with E-state index in [0.717, 1.165) is 24.7 Å². The van der Waals surface area contributed by atoms with Crippen LogP contribution in [-0.4, -0.2) is 37.8 Å². The van der Waals surface area contributed by atoms with E-state index in [0.29, 0.717) is 18.8 Å². The van der Waals surface area contributed by atoms with Gasteiger partial charge in [-0.2, -0.15) is 4.31 Å². The summed E-state index contributed by atoms with van der Waals surface area (Å²) in [7, 11) is -3.62. The van der Waals surface area contributed by atoms with Gasteiger partial charge in [0.1, 0.15) is 11.9 Å². The van der Waals surface area contributed by atoms with Crippen LogP contribution >= 0.6 is 0 Å². The van der Waals surface area contributed by atoms with Crippen molar-refractivity contribution in [3.8, 4) is 5.75 Å². The molecule has 1 saturated heterocycles. The summed E-state index contributed by atoms with van der Waals surface area (Å²) >= 11 is 0. The summed E-state index contributed by atoms with van der Waals surface area (Å²) in [5.41, 5.74) is 0.516. The zero-order chi connectivity index (χ0) is 19.3.